The summed E-state index contributed by atoms with van der Waals surface area (Å²) in [6, 6.07) is 14.4. The van der Waals surface area contributed by atoms with Gasteiger partial charge in [0.15, 0.2) is 18.1 Å². The van der Waals surface area contributed by atoms with Gasteiger partial charge in [-0.25, -0.2) is 0 Å². The van der Waals surface area contributed by atoms with Crippen LogP contribution in [-0.2, 0) is 4.79 Å². The van der Waals surface area contributed by atoms with Crippen molar-refractivity contribution >= 4 is 23.2 Å². The highest BCUT2D eigenvalue weighted by Crippen LogP contribution is 2.26. The Kier molecular flexibility index (Phi) is 5.66. The Morgan fingerprint density at radius 3 is 2.92 bits per heavy atom. The molecule has 6 heteroatoms. The van der Waals surface area contributed by atoms with Gasteiger partial charge in [-0.3, -0.25) is 4.79 Å². The number of aromatic hydroxyl groups is 1. The molecule has 132 valence electrons. The second-order valence-corrected chi connectivity index (χ2v) is 6.58. The van der Waals surface area contributed by atoms with Gasteiger partial charge in [0, 0.05) is 30.3 Å². The lowest BCUT2D eigenvalue weighted by Gasteiger charge is -2.19. The lowest BCUT2D eigenvalue weighted by atomic mass is 10.1. The van der Waals surface area contributed by atoms with Gasteiger partial charge in [-0.05, 0) is 42.7 Å². The van der Waals surface area contributed by atoms with Gasteiger partial charge in [0.2, 0.25) is 0 Å². The Morgan fingerprint density at radius 1 is 1.28 bits per heavy atom. The number of para-hydroxylation sites is 2. The molecule has 0 radical (unpaired) electrons. The van der Waals surface area contributed by atoms with Crippen LogP contribution < -0.4 is 15.0 Å². The summed E-state index contributed by atoms with van der Waals surface area (Å²) in [5, 5.41) is 13.2. The average molecular weight is 361 g/mol. The third kappa shape index (κ3) is 4.79. The number of amides is 1. The van der Waals surface area contributed by atoms with Crippen LogP contribution in [-0.4, -0.2) is 37.3 Å². The lowest BCUT2D eigenvalue weighted by molar-refractivity contribution is -0.123. The molecule has 25 heavy (non-hydrogen) atoms. The van der Waals surface area contributed by atoms with Crippen LogP contribution in [0.15, 0.2) is 48.5 Å². The van der Waals surface area contributed by atoms with E-state index in [4.69, 9.17) is 16.3 Å². The zero-order valence-electron chi connectivity index (χ0n) is 13.8. The predicted octanol–water partition coefficient (Wildman–Crippen LogP) is 3.07. The summed E-state index contributed by atoms with van der Waals surface area (Å²) >= 11 is 6.04. The first-order chi connectivity index (χ1) is 12.1. The third-order valence-corrected chi connectivity index (χ3v) is 4.51. The maximum Gasteiger partial charge on any atom is 0.257 e. The summed E-state index contributed by atoms with van der Waals surface area (Å²) in [6.07, 6.45) is 1.02. The highest BCUT2D eigenvalue weighted by atomic mass is 35.5. The minimum atomic E-state index is -0.190. The molecule has 1 fully saturated rings. The maximum atomic E-state index is 11.9. The first kappa shape index (κ1) is 17.4. The van der Waals surface area contributed by atoms with Crippen LogP contribution in [0.1, 0.15) is 6.42 Å². The van der Waals surface area contributed by atoms with E-state index in [0.29, 0.717) is 18.2 Å². The zero-order chi connectivity index (χ0) is 17.6. The fraction of sp³-hybridized carbons (Fsp3) is 0.316. The Bertz CT molecular complexity index is 738. The molecule has 1 aliphatic rings. The Hall–Kier alpha value is -2.40. The molecule has 1 heterocycles. The number of rotatable bonds is 6. The van der Waals surface area contributed by atoms with Crippen LogP contribution in [0.5, 0.6) is 11.5 Å². The number of nitrogens with zero attached hydrogens (tertiary/aromatic N) is 1. The second-order valence-electron chi connectivity index (χ2n) is 6.14. The molecule has 0 saturated carbocycles. The summed E-state index contributed by atoms with van der Waals surface area (Å²) in [4.78, 5) is 14.2. The SMILES string of the molecule is O=C(COc1ccccc1O)NCC1CCN(c2cccc(Cl)c2)C1. The molecule has 0 aromatic heterocycles. The minimum Gasteiger partial charge on any atom is -0.504 e. The van der Waals surface area contributed by atoms with Crippen LogP contribution in [0.4, 0.5) is 5.69 Å². The first-order valence-electron chi connectivity index (χ1n) is 8.30. The van der Waals surface area contributed by atoms with Crippen LogP contribution in [0.25, 0.3) is 0 Å². The van der Waals surface area contributed by atoms with Crippen molar-refractivity contribution in [2.24, 2.45) is 5.92 Å². The molecule has 3 rings (SSSR count). The van der Waals surface area contributed by atoms with E-state index in [1.54, 1.807) is 18.2 Å². The molecular formula is C19H21ClN2O3. The average Bonchev–Trinajstić information content (AvgIpc) is 3.08. The number of benzene rings is 2. The van der Waals surface area contributed by atoms with Crippen molar-refractivity contribution in [3.05, 3.63) is 53.6 Å². The normalized spacial score (nSPS) is 16.7. The van der Waals surface area contributed by atoms with Crippen molar-refractivity contribution in [1.29, 1.82) is 0 Å². The number of hydrogen-bond acceptors (Lipinski definition) is 4. The zero-order valence-corrected chi connectivity index (χ0v) is 14.6. The van der Waals surface area contributed by atoms with Crippen molar-refractivity contribution in [3.8, 4) is 11.5 Å². The molecule has 1 saturated heterocycles. The summed E-state index contributed by atoms with van der Waals surface area (Å²) in [5.41, 5.74) is 1.12. The summed E-state index contributed by atoms with van der Waals surface area (Å²) in [5.74, 6) is 0.548. The number of nitrogens with one attached hydrogen (secondary N) is 1. The van der Waals surface area contributed by atoms with Crippen molar-refractivity contribution in [3.63, 3.8) is 0 Å². The maximum absolute atomic E-state index is 11.9. The molecule has 2 N–H and O–H groups in total. The number of halogens is 1. The highest BCUT2D eigenvalue weighted by Gasteiger charge is 2.23. The molecule has 5 nitrogen and oxygen atoms in total. The van der Waals surface area contributed by atoms with E-state index < -0.39 is 0 Å². The van der Waals surface area contributed by atoms with E-state index in [1.807, 2.05) is 24.3 Å². The lowest BCUT2D eigenvalue weighted by Crippen LogP contribution is -2.34. The molecule has 1 amide bonds. The smallest absolute Gasteiger partial charge is 0.257 e. The van der Waals surface area contributed by atoms with Crippen molar-refractivity contribution in [2.45, 2.75) is 6.42 Å². The predicted molar refractivity (Wildman–Crippen MR) is 98.4 cm³/mol. The Morgan fingerprint density at radius 2 is 2.12 bits per heavy atom. The van der Waals surface area contributed by atoms with Crippen molar-refractivity contribution < 1.29 is 14.6 Å². The molecule has 1 aliphatic heterocycles. The number of carbonyl (C=O) groups is 1. The fourth-order valence-corrected chi connectivity index (χ4v) is 3.12. The van der Waals surface area contributed by atoms with Crippen LogP contribution in [0.2, 0.25) is 5.02 Å². The summed E-state index contributed by atoms with van der Waals surface area (Å²) in [6.45, 7) is 2.35. The largest absolute Gasteiger partial charge is 0.504 e. The van der Waals surface area contributed by atoms with E-state index in [9.17, 15) is 9.90 Å². The van der Waals surface area contributed by atoms with Gasteiger partial charge >= 0.3 is 0 Å². The highest BCUT2D eigenvalue weighted by molar-refractivity contribution is 6.30. The van der Waals surface area contributed by atoms with Crippen LogP contribution in [0, 0.1) is 5.92 Å². The molecule has 1 unspecified atom stereocenters. The molecule has 0 spiro atoms. The Balaban J connectivity index is 1.42. The summed E-state index contributed by atoms with van der Waals surface area (Å²) in [7, 11) is 0. The quantitative estimate of drug-likeness (QED) is 0.831. The molecule has 1 atom stereocenters. The fourth-order valence-electron chi connectivity index (χ4n) is 2.94. The Labute approximate surface area is 152 Å². The van der Waals surface area contributed by atoms with Gasteiger partial charge in [-0.15, -0.1) is 0 Å². The number of carbonyl (C=O) groups excluding carboxylic acids is 1. The monoisotopic (exact) mass is 360 g/mol. The van der Waals surface area contributed by atoms with Crippen molar-refractivity contribution in [2.75, 3.05) is 31.1 Å². The van der Waals surface area contributed by atoms with Gasteiger partial charge in [0.25, 0.3) is 5.91 Å². The number of phenols is 1. The van der Waals surface area contributed by atoms with Gasteiger partial charge in [-0.1, -0.05) is 29.8 Å². The minimum absolute atomic E-state index is 0.0308. The molecule has 0 aliphatic carbocycles. The van der Waals surface area contributed by atoms with E-state index >= 15 is 0 Å². The molecular weight excluding hydrogens is 340 g/mol. The second kappa shape index (κ2) is 8.12. The van der Waals surface area contributed by atoms with E-state index in [0.717, 1.165) is 30.2 Å². The topological polar surface area (TPSA) is 61.8 Å². The van der Waals surface area contributed by atoms with Crippen LogP contribution >= 0.6 is 11.6 Å². The number of ether oxygens (including phenoxy) is 1. The summed E-state index contributed by atoms with van der Waals surface area (Å²) < 4.78 is 5.33. The standard InChI is InChI=1S/C19H21ClN2O3/c20-15-4-3-5-16(10-15)22-9-8-14(12-22)11-21-19(24)13-25-18-7-2-1-6-17(18)23/h1-7,10,14,23H,8-9,11-13H2,(H,21,24). The van der Waals surface area contributed by atoms with Gasteiger partial charge in [-0.2, -0.15) is 0 Å². The first-order valence-corrected chi connectivity index (χ1v) is 8.67. The third-order valence-electron chi connectivity index (χ3n) is 4.27. The molecule has 2 aromatic rings. The molecule has 2 aromatic carbocycles. The van der Waals surface area contributed by atoms with Gasteiger partial charge in [0.1, 0.15) is 0 Å². The number of phenolic OH excluding ortho intramolecular Hbond substituents is 1. The van der Waals surface area contributed by atoms with Crippen LogP contribution in [0.3, 0.4) is 0 Å². The van der Waals surface area contributed by atoms with Gasteiger partial charge in [0.05, 0.1) is 0 Å². The van der Waals surface area contributed by atoms with Crippen molar-refractivity contribution in [1.82, 2.24) is 5.32 Å². The molecule has 0 bridgehead atoms. The number of hydrogen-bond donors (Lipinski definition) is 2. The van der Waals surface area contributed by atoms with E-state index in [1.165, 1.54) is 6.07 Å². The van der Waals surface area contributed by atoms with E-state index in [-0.39, 0.29) is 18.3 Å². The van der Waals surface area contributed by atoms with Gasteiger partial charge < -0.3 is 20.1 Å². The van der Waals surface area contributed by atoms with E-state index in [2.05, 4.69) is 10.2 Å². The number of anilines is 1.